The van der Waals surface area contributed by atoms with Crippen molar-refractivity contribution in [3.63, 3.8) is 0 Å². The van der Waals surface area contributed by atoms with E-state index in [1.807, 2.05) is 30.3 Å². The molecule has 2 N–H and O–H groups in total. The standard InChI is InChI=1S/C17H19N3O4S/c1-11-8-14(21)20-17(18-11)25-10-15(22)19-13(16(23)24-2)9-12-6-4-3-5-7-12/h3-8,13H,9-10H2,1-2H3,(H,19,22)(H,18,20,21)/t13-/m1/s1. The molecule has 0 fully saturated rings. The second-order valence-electron chi connectivity index (χ2n) is 5.31. The van der Waals surface area contributed by atoms with E-state index < -0.39 is 12.0 Å². The zero-order chi connectivity index (χ0) is 18.2. The average Bonchev–Trinajstić information content (AvgIpc) is 2.59. The number of amides is 1. The number of methoxy groups -OCH3 is 1. The first-order valence-electron chi connectivity index (χ1n) is 7.60. The Morgan fingerprint density at radius 3 is 2.68 bits per heavy atom. The topological polar surface area (TPSA) is 101 Å². The first kappa shape index (κ1) is 18.7. The molecule has 0 saturated carbocycles. The van der Waals surface area contributed by atoms with Crippen LogP contribution in [-0.4, -0.2) is 40.7 Å². The van der Waals surface area contributed by atoms with Gasteiger partial charge in [0.05, 0.1) is 12.9 Å². The summed E-state index contributed by atoms with van der Waals surface area (Å²) in [7, 11) is 1.28. The summed E-state index contributed by atoms with van der Waals surface area (Å²) in [6.45, 7) is 1.70. The fourth-order valence-electron chi connectivity index (χ4n) is 2.18. The van der Waals surface area contributed by atoms with Crippen molar-refractivity contribution in [3.8, 4) is 0 Å². The minimum atomic E-state index is -0.773. The molecule has 0 spiro atoms. The van der Waals surface area contributed by atoms with Gasteiger partial charge >= 0.3 is 5.97 Å². The molecule has 0 radical (unpaired) electrons. The molecule has 2 aromatic rings. The number of ether oxygens (including phenoxy) is 1. The lowest BCUT2D eigenvalue weighted by Gasteiger charge is -2.16. The molecule has 1 aromatic carbocycles. The third-order valence-electron chi connectivity index (χ3n) is 3.29. The zero-order valence-corrected chi connectivity index (χ0v) is 14.8. The lowest BCUT2D eigenvalue weighted by Crippen LogP contribution is -2.43. The lowest BCUT2D eigenvalue weighted by molar-refractivity contribution is -0.144. The SMILES string of the molecule is COC(=O)[C@@H](Cc1ccccc1)NC(=O)CSc1nc(C)cc(=O)[nH]1. The van der Waals surface area contributed by atoms with Crippen LogP contribution in [0.3, 0.4) is 0 Å². The van der Waals surface area contributed by atoms with E-state index in [0.29, 0.717) is 17.3 Å². The van der Waals surface area contributed by atoms with E-state index in [9.17, 15) is 14.4 Å². The maximum Gasteiger partial charge on any atom is 0.328 e. The summed E-state index contributed by atoms with van der Waals surface area (Å²) >= 11 is 1.09. The fraction of sp³-hybridized carbons (Fsp3) is 0.294. The van der Waals surface area contributed by atoms with Gasteiger partial charge in [0.1, 0.15) is 6.04 Å². The Kier molecular flexibility index (Phi) is 6.76. The number of aromatic nitrogens is 2. The predicted molar refractivity (Wildman–Crippen MR) is 94.4 cm³/mol. The van der Waals surface area contributed by atoms with Crippen molar-refractivity contribution < 1.29 is 14.3 Å². The van der Waals surface area contributed by atoms with Crippen LogP contribution < -0.4 is 10.9 Å². The van der Waals surface area contributed by atoms with E-state index in [4.69, 9.17) is 4.74 Å². The monoisotopic (exact) mass is 361 g/mol. The molecule has 132 valence electrons. The minimum Gasteiger partial charge on any atom is -0.467 e. The van der Waals surface area contributed by atoms with Gasteiger partial charge in [-0.1, -0.05) is 42.1 Å². The van der Waals surface area contributed by atoms with Crippen molar-refractivity contribution in [2.75, 3.05) is 12.9 Å². The van der Waals surface area contributed by atoms with Gasteiger partial charge in [-0.15, -0.1) is 0 Å². The average molecular weight is 361 g/mol. The first-order valence-corrected chi connectivity index (χ1v) is 8.58. The zero-order valence-electron chi connectivity index (χ0n) is 13.9. The van der Waals surface area contributed by atoms with Crippen molar-refractivity contribution in [2.24, 2.45) is 0 Å². The van der Waals surface area contributed by atoms with Crippen molar-refractivity contribution in [1.29, 1.82) is 0 Å². The molecule has 8 heteroatoms. The molecule has 0 bridgehead atoms. The van der Waals surface area contributed by atoms with Gasteiger partial charge in [0.2, 0.25) is 5.91 Å². The highest BCUT2D eigenvalue weighted by Crippen LogP contribution is 2.11. The second kappa shape index (κ2) is 9.03. The van der Waals surface area contributed by atoms with Crippen LogP contribution in [0.25, 0.3) is 0 Å². The third-order valence-corrected chi connectivity index (χ3v) is 4.16. The van der Waals surface area contributed by atoms with Crippen LogP contribution in [0.4, 0.5) is 0 Å². The minimum absolute atomic E-state index is 0.0225. The Labute approximate surface area is 149 Å². The van der Waals surface area contributed by atoms with Gasteiger partial charge in [0.15, 0.2) is 5.16 Å². The summed E-state index contributed by atoms with van der Waals surface area (Å²) in [5, 5.41) is 3.02. The maximum absolute atomic E-state index is 12.1. The first-order chi connectivity index (χ1) is 12.0. The Morgan fingerprint density at radius 2 is 2.04 bits per heavy atom. The van der Waals surface area contributed by atoms with Gasteiger partial charge in [0, 0.05) is 18.2 Å². The molecular weight excluding hydrogens is 342 g/mol. The van der Waals surface area contributed by atoms with Gasteiger partial charge in [0.25, 0.3) is 5.56 Å². The summed E-state index contributed by atoms with van der Waals surface area (Å²) in [5.41, 5.74) is 1.21. The number of nitrogens with zero attached hydrogens (tertiary/aromatic N) is 1. The van der Waals surface area contributed by atoms with E-state index in [2.05, 4.69) is 15.3 Å². The predicted octanol–water partition coefficient (Wildman–Crippen LogP) is 1.07. The number of benzene rings is 1. The van der Waals surface area contributed by atoms with Crippen LogP contribution in [0, 0.1) is 6.92 Å². The number of hydrogen-bond donors (Lipinski definition) is 2. The van der Waals surface area contributed by atoms with E-state index in [-0.39, 0.29) is 17.2 Å². The number of rotatable bonds is 7. The summed E-state index contributed by atoms with van der Waals surface area (Å²) in [6.07, 6.45) is 0.337. The highest BCUT2D eigenvalue weighted by molar-refractivity contribution is 7.99. The van der Waals surface area contributed by atoms with E-state index >= 15 is 0 Å². The molecule has 1 amide bonds. The van der Waals surface area contributed by atoms with Gasteiger partial charge in [-0.25, -0.2) is 9.78 Å². The van der Waals surface area contributed by atoms with Crippen LogP contribution in [0.15, 0.2) is 46.3 Å². The number of aromatic amines is 1. The lowest BCUT2D eigenvalue weighted by atomic mass is 10.1. The molecule has 2 rings (SSSR count). The Morgan fingerprint density at radius 1 is 1.32 bits per heavy atom. The summed E-state index contributed by atoms with van der Waals surface area (Å²) < 4.78 is 4.76. The van der Waals surface area contributed by atoms with Crippen LogP contribution >= 0.6 is 11.8 Å². The van der Waals surface area contributed by atoms with E-state index in [1.165, 1.54) is 13.2 Å². The largest absolute Gasteiger partial charge is 0.467 e. The fourth-order valence-corrected chi connectivity index (χ4v) is 2.91. The van der Waals surface area contributed by atoms with Crippen molar-refractivity contribution >= 4 is 23.6 Å². The molecule has 1 aromatic heterocycles. The van der Waals surface area contributed by atoms with Gasteiger partial charge in [-0.3, -0.25) is 9.59 Å². The molecule has 25 heavy (non-hydrogen) atoms. The van der Waals surface area contributed by atoms with Crippen LogP contribution in [0.2, 0.25) is 0 Å². The number of carbonyl (C=O) groups excluding carboxylic acids is 2. The smallest absolute Gasteiger partial charge is 0.328 e. The summed E-state index contributed by atoms with van der Waals surface area (Å²) in [4.78, 5) is 42.1. The molecular formula is C17H19N3O4S. The molecule has 1 heterocycles. The Balaban J connectivity index is 1.96. The number of thioether (sulfide) groups is 1. The van der Waals surface area contributed by atoms with E-state index in [1.54, 1.807) is 6.92 Å². The van der Waals surface area contributed by atoms with Crippen molar-refractivity contribution in [1.82, 2.24) is 15.3 Å². The molecule has 0 aliphatic rings. The number of hydrogen-bond acceptors (Lipinski definition) is 6. The van der Waals surface area contributed by atoms with Gasteiger partial charge in [-0.05, 0) is 12.5 Å². The highest BCUT2D eigenvalue weighted by atomic mass is 32.2. The van der Waals surface area contributed by atoms with Crippen molar-refractivity contribution in [3.05, 3.63) is 58.0 Å². The quantitative estimate of drug-likeness (QED) is 0.435. The molecule has 0 unspecified atom stereocenters. The molecule has 0 aliphatic carbocycles. The normalized spacial score (nSPS) is 11.6. The van der Waals surface area contributed by atoms with E-state index in [0.717, 1.165) is 17.3 Å². The molecule has 0 aliphatic heterocycles. The van der Waals surface area contributed by atoms with Crippen LogP contribution in [0.5, 0.6) is 0 Å². The van der Waals surface area contributed by atoms with Crippen LogP contribution in [0.1, 0.15) is 11.3 Å². The highest BCUT2D eigenvalue weighted by Gasteiger charge is 2.22. The van der Waals surface area contributed by atoms with Gasteiger partial charge in [-0.2, -0.15) is 0 Å². The molecule has 0 saturated heterocycles. The summed E-state index contributed by atoms with van der Waals surface area (Å²) in [5.74, 6) is -0.834. The molecule has 7 nitrogen and oxygen atoms in total. The Bertz CT molecular complexity index is 792. The maximum atomic E-state index is 12.1. The van der Waals surface area contributed by atoms with Crippen LogP contribution in [-0.2, 0) is 20.7 Å². The van der Waals surface area contributed by atoms with Crippen molar-refractivity contribution in [2.45, 2.75) is 24.5 Å². The molecule has 1 atom stereocenters. The number of aryl methyl sites for hydroxylation is 1. The Hall–Kier alpha value is -2.61. The summed E-state index contributed by atoms with van der Waals surface area (Å²) in [6, 6.07) is 9.95. The van der Waals surface area contributed by atoms with Gasteiger partial charge < -0.3 is 15.0 Å². The second-order valence-corrected chi connectivity index (χ2v) is 6.28. The number of nitrogens with one attached hydrogen (secondary N) is 2. The third kappa shape index (κ3) is 6.07. The number of esters is 1. The number of H-pyrrole nitrogens is 1. The number of carbonyl (C=O) groups is 2.